The predicted molar refractivity (Wildman–Crippen MR) is 130 cm³/mol. The molecule has 0 fully saturated rings. The average molecular weight is 469 g/mol. The fourth-order valence-electron chi connectivity index (χ4n) is 2.93. The van der Waals surface area contributed by atoms with Crippen molar-refractivity contribution in [3.05, 3.63) is 47.2 Å². The van der Waals surface area contributed by atoms with Gasteiger partial charge in [0.2, 0.25) is 11.9 Å². The van der Waals surface area contributed by atoms with Crippen LogP contribution >= 0.6 is 11.3 Å². The van der Waals surface area contributed by atoms with Crippen LogP contribution in [0.15, 0.2) is 36.5 Å². The van der Waals surface area contributed by atoms with Crippen LogP contribution in [0.3, 0.4) is 0 Å². The summed E-state index contributed by atoms with van der Waals surface area (Å²) in [6.45, 7) is 9.45. The lowest BCUT2D eigenvalue weighted by Crippen LogP contribution is -2.34. The molecule has 0 aliphatic rings. The number of nitrogens with zero attached hydrogens (tertiary/aromatic N) is 3. The van der Waals surface area contributed by atoms with Crippen molar-refractivity contribution in [2.75, 3.05) is 17.2 Å². The number of carbonyl (C=O) groups is 2. The van der Waals surface area contributed by atoms with E-state index in [1.807, 2.05) is 32.0 Å². The summed E-state index contributed by atoms with van der Waals surface area (Å²) in [5, 5.41) is 9.55. The Bertz CT molecular complexity index is 1140. The van der Waals surface area contributed by atoms with Gasteiger partial charge in [0.05, 0.1) is 21.3 Å². The highest BCUT2D eigenvalue weighted by Crippen LogP contribution is 2.29. The molecule has 2 aromatic heterocycles. The molecular formula is C23H28N6O3S. The highest BCUT2D eigenvalue weighted by atomic mass is 32.1. The molecule has 10 heteroatoms. The Kier molecular flexibility index (Phi) is 7.59. The predicted octanol–water partition coefficient (Wildman–Crippen LogP) is 4.81. The number of hydrogen-bond donors (Lipinski definition) is 3. The number of anilines is 3. The minimum absolute atomic E-state index is 0.121. The Morgan fingerprint density at radius 3 is 2.55 bits per heavy atom. The topological polar surface area (TPSA) is 118 Å². The maximum absolute atomic E-state index is 12.2. The number of ether oxygens (including phenoxy) is 1. The highest BCUT2D eigenvalue weighted by Gasteiger charge is 2.16. The van der Waals surface area contributed by atoms with Crippen LogP contribution in [0.25, 0.3) is 10.6 Å². The summed E-state index contributed by atoms with van der Waals surface area (Å²) in [6.07, 6.45) is 1.27. The molecule has 33 heavy (non-hydrogen) atoms. The molecule has 3 aromatic rings. The zero-order valence-electron chi connectivity index (χ0n) is 19.4. The molecular weight excluding hydrogens is 440 g/mol. The molecule has 2 amide bonds. The number of hydrogen-bond acceptors (Lipinski definition) is 8. The first-order chi connectivity index (χ1) is 15.6. The van der Waals surface area contributed by atoms with Crippen molar-refractivity contribution in [2.24, 2.45) is 0 Å². The van der Waals surface area contributed by atoms with Crippen LogP contribution in [0.1, 0.15) is 37.9 Å². The summed E-state index contributed by atoms with van der Waals surface area (Å²) in [5.74, 6) is 0.223. The molecule has 0 radical (unpaired) electrons. The number of aryl methyl sites for hydroxylation is 2. The molecule has 1 aromatic carbocycles. The third-order valence-corrected chi connectivity index (χ3v) is 5.31. The number of benzene rings is 1. The lowest BCUT2D eigenvalue weighted by Gasteiger charge is -2.19. The van der Waals surface area contributed by atoms with E-state index < -0.39 is 11.7 Å². The highest BCUT2D eigenvalue weighted by molar-refractivity contribution is 7.15. The second kappa shape index (κ2) is 10.4. The van der Waals surface area contributed by atoms with Crippen LogP contribution < -0.4 is 16.0 Å². The summed E-state index contributed by atoms with van der Waals surface area (Å²) < 4.78 is 5.15. The maximum atomic E-state index is 12.2. The first kappa shape index (κ1) is 24.1. The second-order valence-corrected chi connectivity index (χ2v) is 9.55. The first-order valence-corrected chi connectivity index (χ1v) is 11.3. The molecule has 0 spiro atoms. The summed E-state index contributed by atoms with van der Waals surface area (Å²) in [6, 6.07) is 9.10. The zero-order chi connectivity index (χ0) is 24.0. The summed E-state index contributed by atoms with van der Waals surface area (Å²) in [5.41, 5.74) is 2.51. The number of rotatable bonds is 7. The molecule has 0 aliphatic heterocycles. The van der Waals surface area contributed by atoms with Crippen molar-refractivity contribution >= 4 is 40.7 Å². The van der Waals surface area contributed by atoms with E-state index in [1.54, 1.807) is 50.4 Å². The van der Waals surface area contributed by atoms with Gasteiger partial charge in [0.1, 0.15) is 5.60 Å². The summed E-state index contributed by atoms with van der Waals surface area (Å²) in [7, 11) is 0. The van der Waals surface area contributed by atoms with Crippen LogP contribution in [0.2, 0.25) is 0 Å². The molecule has 2 heterocycles. The molecule has 3 N–H and O–H groups in total. The van der Waals surface area contributed by atoms with Crippen molar-refractivity contribution in [3.63, 3.8) is 0 Å². The van der Waals surface area contributed by atoms with Gasteiger partial charge < -0.3 is 20.7 Å². The molecule has 0 bridgehead atoms. The summed E-state index contributed by atoms with van der Waals surface area (Å²) >= 11 is 1.59. The number of alkyl carbamates (subject to hydrolysis) is 1. The van der Waals surface area contributed by atoms with Crippen molar-refractivity contribution in [3.8, 4) is 10.6 Å². The molecule has 0 saturated carbocycles. The van der Waals surface area contributed by atoms with Crippen molar-refractivity contribution in [2.45, 2.75) is 46.6 Å². The standard InChI is InChI=1S/C23H28N6O3S/c1-14-20(33-15(2)26-14)18-9-11-24-21(29-18)28-17-8-6-7-16(13-17)27-19(30)10-12-25-22(31)32-23(3,4)5/h6-9,11,13H,10,12H2,1-5H3,(H,25,31)(H,27,30)(H,24,28,29). The summed E-state index contributed by atoms with van der Waals surface area (Å²) in [4.78, 5) is 38.2. The van der Waals surface area contributed by atoms with Gasteiger partial charge in [-0.3, -0.25) is 4.79 Å². The number of thiazole rings is 1. The number of nitrogens with one attached hydrogen (secondary N) is 3. The fraction of sp³-hybridized carbons (Fsp3) is 0.348. The Labute approximate surface area is 197 Å². The third kappa shape index (κ3) is 7.53. The van der Waals surface area contributed by atoms with Crippen LogP contribution in [0.4, 0.5) is 22.1 Å². The Morgan fingerprint density at radius 1 is 1.09 bits per heavy atom. The van der Waals surface area contributed by atoms with E-state index in [0.717, 1.165) is 27.0 Å². The van der Waals surface area contributed by atoms with E-state index in [-0.39, 0.29) is 18.9 Å². The maximum Gasteiger partial charge on any atom is 0.407 e. The van der Waals surface area contributed by atoms with Gasteiger partial charge in [-0.25, -0.2) is 19.7 Å². The molecule has 0 aliphatic carbocycles. The van der Waals surface area contributed by atoms with E-state index >= 15 is 0 Å². The van der Waals surface area contributed by atoms with Crippen LogP contribution in [0.5, 0.6) is 0 Å². The van der Waals surface area contributed by atoms with E-state index in [2.05, 4.69) is 30.9 Å². The number of aromatic nitrogens is 3. The molecule has 9 nitrogen and oxygen atoms in total. The minimum Gasteiger partial charge on any atom is -0.444 e. The van der Waals surface area contributed by atoms with E-state index in [0.29, 0.717) is 11.6 Å². The zero-order valence-corrected chi connectivity index (χ0v) is 20.2. The minimum atomic E-state index is -0.582. The van der Waals surface area contributed by atoms with Gasteiger partial charge in [0.15, 0.2) is 0 Å². The van der Waals surface area contributed by atoms with Gasteiger partial charge >= 0.3 is 6.09 Å². The molecule has 174 valence electrons. The molecule has 0 saturated heterocycles. The fourth-order valence-corrected chi connectivity index (χ4v) is 3.82. The average Bonchev–Trinajstić information content (AvgIpc) is 3.05. The van der Waals surface area contributed by atoms with E-state index in [1.165, 1.54) is 0 Å². The smallest absolute Gasteiger partial charge is 0.407 e. The van der Waals surface area contributed by atoms with Gasteiger partial charge in [-0.05, 0) is 58.9 Å². The van der Waals surface area contributed by atoms with Gasteiger partial charge in [-0.1, -0.05) is 6.07 Å². The lowest BCUT2D eigenvalue weighted by atomic mass is 10.2. The second-order valence-electron chi connectivity index (χ2n) is 8.35. The Hall–Kier alpha value is -3.53. The van der Waals surface area contributed by atoms with E-state index in [9.17, 15) is 9.59 Å². The van der Waals surface area contributed by atoms with Gasteiger partial charge in [-0.2, -0.15) is 0 Å². The first-order valence-electron chi connectivity index (χ1n) is 10.5. The molecule has 0 atom stereocenters. The quantitative estimate of drug-likeness (QED) is 0.455. The van der Waals surface area contributed by atoms with Crippen LogP contribution in [-0.4, -0.2) is 39.1 Å². The van der Waals surface area contributed by atoms with Gasteiger partial charge in [0.25, 0.3) is 0 Å². The lowest BCUT2D eigenvalue weighted by molar-refractivity contribution is -0.116. The van der Waals surface area contributed by atoms with Crippen LogP contribution in [0, 0.1) is 13.8 Å². The molecule has 3 rings (SSSR count). The van der Waals surface area contributed by atoms with Crippen molar-refractivity contribution in [1.82, 2.24) is 20.3 Å². The van der Waals surface area contributed by atoms with Gasteiger partial charge in [0, 0.05) is 30.5 Å². The molecule has 0 unspecified atom stereocenters. The number of carbonyl (C=O) groups excluding carboxylic acids is 2. The third-order valence-electron chi connectivity index (χ3n) is 4.21. The Morgan fingerprint density at radius 2 is 1.85 bits per heavy atom. The Balaban J connectivity index is 1.57. The SMILES string of the molecule is Cc1nc(C)c(-c2ccnc(Nc3cccc(NC(=O)CCNC(=O)OC(C)(C)C)c3)n2)s1. The largest absolute Gasteiger partial charge is 0.444 e. The van der Waals surface area contributed by atoms with Crippen LogP contribution in [-0.2, 0) is 9.53 Å². The normalized spacial score (nSPS) is 11.1. The van der Waals surface area contributed by atoms with Gasteiger partial charge in [-0.15, -0.1) is 11.3 Å². The van der Waals surface area contributed by atoms with E-state index in [4.69, 9.17) is 4.74 Å². The van der Waals surface area contributed by atoms with Crippen molar-refractivity contribution in [1.29, 1.82) is 0 Å². The van der Waals surface area contributed by atoms with Crippen molar-refractivity contribution < 1.29 is 14.3 Å². The monoisotopic (exact) mass is 468 g/mol. The number of amides is 2.